The van der Waals surface area contributed by atoms with Gasteiger partial charge in [0.05, 0.1) is 0 Å². The minimum Gasteiger partial charge on any atom is -0.483 e. The lowest BCUT2D eigenvalue weighted by Gasteiger charge is -2.31. The van der Waals surface area contributed by atoms with Gasteiger partial charge < -0.3 is 15.2 Å². The summed E-state index contributed by atoms with van der Waals surface area (Å²) < 4.78 is 34.0. The van der Waals surface area contributed by atoms with Crippen LogP contribution in [0.1, 0.15) is 51.3 Å². The minimum atomic E-state index is -1.73. The fourth-order valence-corrected chi connectivity index (χ4v) is 3.73. The molecule has 0 spiro atoms. The maximum atomic E-state index is 14.0. The summed E-state index contributed by atoms with van der Waals surface area (Å²) in [5.74, 6) is -4.27. The number of hydrogen-bond donors (Lipinski definition) is 2. The van der Waals surface area contributed by atoms with Gasteiger partial charge in [-0.15, -0.1) is 0 Å². The third-order valence-electron chi connectivity index (χ3n) is 5.27. The van der Waals surface area contributed by atoms with Crippen molar-refractivity contribution in [1.29, 1.82) is 0 Å². The van der Waals surface area contributed by atoms with Gasteiger partial charge in [-0.25, -0.2) is 13.6 Å². The summed E-state index contributed by atoms with van der Waals surface area (Å²) >= 11 is 0. The fraction of sp³-hybridized carbons (Fsp3) is 0.154. The quantitative estimate of drug-likeness (QED) is 0.526. The van der Waals surface area contributed by atoms with Crippen molar-refractivity contribution in [3.05, 3.63) is 100 Å². The van der Waals surface area contributed by atoms with Gasteiger partial charge in [0.2, 0.25) is 0 Å². The van der Waals surface area contributed by atoms with Crippen LogP contribution in [0.2, 0.25) is 0 Å². The first-order chi connectivity index (χ1) is 15.5. The monoisotopic (exact) mass is 449 g/mol. The van der Waals surface area contributed by atoms with Gasteiger partial charge in [0.1, 0.15) is 28.5 Å². The maximum absolute atomic E-state index is 14.0. The lowest BCUT2D eigenvalue weighted by molar-refractivity contribution is 0.0686. The van der Waals surface area contributed by atoms with Crippen molar-refractivity contribution in [2.24, 2.45) is 0 Å². The number of carboxylic acid groups (broad SMARTS) is 1. The SMILES string of the molecule is Cc1ccc(C2=CC(C)(C)Oc3ccc(C(=O)Nc4cc(F)c(C(=O)O)c(F)c4)cc32)cc1. The van der Waals surface area contributed by atoms with Crippen molar-refractivity contribution in [2.75, 3.05) is 5.32 Å². The van der Waals surface area contributed by atoms with E-state index < -0.39 is 34.7 Å². The number of aryl methyl sites for hydroxylation is 1. The zero-order chi connectivity index (χ0) is 23.9. The maximum Gasteiger partial charge on any atom is 0.341 e. The molecule has 0 unspecified atom stereocenters. The van der Waals surface area contributed by atoms with Gasteiger partial charge in [0.25, 0.3) is 5.91 Å². The van der Waals surface area contributed by atoms with Gasteiger partial charge in [0, 0.05) is 16.8 Å². The molecule has 0 saturated heterocycles. The second kappa shape index (κ2) is 8.16. The van der Waals surface area contributed by atoms with E-state index in [0.29, 0.717) is 11.3 Å². The predicted molar refractivity (Wildman–Crippen MR) is 121 cm³/mol. The Balaban J connectivity index is 1.69. The molecule has 5 nitrogen and oxygen atoms in total. The Bertz CT molecular complexity index is 1290. The molecule has 7 heteroatoms. The van der Waals surface area contributed by atoms with Gasteiger partial charge in [-0.2, -0.15) is 0 Å². The van der Waals surface area contributed by atoms with Crippen LogP contribution in [0.5, 0.6) is 5.75 Å². The summed E-state index contributed by atoms with van der Waals surface area (Å²) in [4.78, 5) is 23.8. The summed E-state index contributed by atoms with van der Waals surface area (Å²) in [5, 5.41) is 11.3. The molecule has 0 bridgehead atoms. The Morgan fingerprint density at radius 2 is 1.61 bits per heavy atom. The molecule has 168 valence electrons. The molecule has 0 radical (unpaired) electrons. The van der Waals surface area contributed by atoms with Crippen LogP contribution in [0.4, 0.5) is 14.5 Å². The van der Waals surface area contributed by atoms with E-state index in [2.05, 4.69) is 5.32 Å². The number of anilines is 1. The van der Waals surface area contributed by atoms with Crippen molar-refractivity contribution in [2.45, 2.75) is 26.4 Å². The summed E-state index contributed by atoms with van der Waals surface area (Å²) in [6.45, 7) is 5.88. The van der Waals surface area contributed by atoms with Crippen molar-refractivity contribution < 1.29 is 28.2 Å². The number of benzene rings is 3. The van der Waals surface area contributed by atoms with Crippen LogP contribution in [-0.4, -0.2) is 22.6 Å². The van der Waals surface area contributed by atoms with Crippen molar-refractivity contribution in [1.82, 2.24) is 0 Å². The molecule has 3 aromatic carbocycles. The third-order valence-corrected chi connectivity index (χ3v) is 5.27. The molecular weight excluding hydrogens is 428 g/mol. The number of carboxylic acids is 1. The molecule has 0 saturated carbocycles. The lowest BCUT2D eigenvalue weighted by atomic mass is 9.88. The second-order valence-corrected chi connectivity index (χ2v) is 8.41. The number of ether oxygens (including phenoxy) is 1. The first-order valence-corrected chi connectivity index (χ1v) is 10.2. The number of fused-ring (bicyclic) bond motifs is 1. The normalized spacial score (nSPS) is 14.0. The van der Waals surface area contributed by atoms with Gasteiger partial charge in [0.15, 0.2) is 0 Å². The summed E-state index contributed by atoms with van der Waals surface area (Å²) in [7, 11) is 0. The molecule has 4 rings (SSSR count). The van der Waals surface area contributed by atoms with E-state index in [-0.39, 0.29) is 11.3 Å². The van der Waals surface area contributed by atoms with E-state index in [1.165, 1.54) is 0 Å². The lowest BCUT2D eigenvalue weighted by Crippen LogP contribution is -2.29. The minimum absolute atomic E-state index is 0.190. The number of carbonyl (C=O) groups is 2. The molecular formula is C26H21F2NO4. The van der Waals surface area contributed by atoms with Crippen molar-refractivity contribution >= 4 is 23.1 Å². The molecule has 0 aromatic heterocycles. The first kappa shape index (κ1) is 22.2. The molecule has 1 amide bonds. The second-order valence-electron chi connectivity index (χ2n) is 8.41. The van der Waals surface area contributed by atoms with E-state index >= 15 is 0 Å². The number of hydrogen-bond acceptors (Lipinski definition) is 3. The number of carbonyl (C=O) groups excluding carboxylic acids is 1. The Morgan fingerprint density at radius 1 is 0.970 bits per heavy atom. The Kier molecular flexibility index (Phi) is 5.49. The van der Waals surface area contributed by atoms with E-state index in [9.17, 15) is 18.4 Å². The number of nitrogens with one attached hydrogen (secondary N) is 1. The van der Waals surface area contributed by atoms with Gasteiger partial charge in [-0.1, -0.05) is 29.8 Å². The number of aromatic carboxylic acids is 1. The third kappa shape index (κ3) is 4.48. The standard InChI is InChI=1S/C26H21F2NO4/c1-14-4-6-15(7-5-14)19-13-26(2,3)33-22-9-8-16(10-18(19)22)24(30)29-17-11-20(27)23(25(31)32)21(28)12-17/h4-13H,1-3H3,(H,29,30)(H,31,32). The van der Waals surface area contributed by atoms with Crippen LogP contribution in [0.3, 0.4) is 0 Å². The van der Waals surface area contributed by atoms with Crippen LogP contribution in [-0.2, 0) is 0 Å². The van der Waals surface area contributed by atoms with E-state index in [1.807, 2.05) is 51.1 Å². The van der Waals surface area contributed by atoms with Crippen LogP contribution in [0.25, 0.3) is 5.57 Å². The largest absolute Gasteiger partial charge is 0.483 e. The van der Waals surface area contributed by atoms with E-state index in [1.54, 1.807) is 18.2 Å². The highest BCUT2D eigenvalue weighted by Crippen LogP contribution is 2.40. The van der Waals surface area contributed by atoms with Crippen LogP contribution in [0, 0.1) is 18.6 Å². The summed E-state index contributed by atoms with van der Waals surface area (Å²) in [6.07, 6.45) is 1.98. The highest BCUT2D eigenvalue weighted by molar-refractivity contribution is 6.05. The molecule has 1 aliphatic rings. The van der Waals surface area contributed by atoms with Crippen LogP contribution in [0.15, 0.2) is 60.7 Å². The predicted octanol–water partition coefficient (Wildman–Crippen LogP) is 5.83. The zero-order valence-corrected chi connectivity index (χ0v) is 18.2. The number of halogens is 2. The highest BCUT2D eigenvalue weighted by atomic mass is 19.1. The average Bonchev–Trinajstić information content (AvgIpc) is 2.72. The van der Waals surface area contributed by atoms with Crippen LogP contribution < -0.4 is 10.1 Å². The molecule has 2 N–H and O–H groups in total. The first-order valence-electron chi connectivity index (χ1n) is 10.2. The zero-order valence-electron chi connectivity index (χ0n) is 18.2. The average molecular weight is 449 g/mol. The molecule has 0 atom stereocenters. The molecule has 0 aliphatic carbocycles. The summed E-state index contributed by atoms with van der Waals surface area (Å²) in [6, 6.07) is 14.4. The molecule has 1 aliphatic heterocycles. The fourth-order valence-electron chi connectivity index (χ4n) is 3.73. The Labute approximate surface area is 189 Å². The molecule has 1 heterocycles. The molecule has 0 fully saturated rings. The van der Waals surface area contributed by atoms with Crippen molar-refractivity contribution in [3.8, 4) is 5.75 Å². The Hall–Kier alpha value is -4.00. The van der Waals surface area contributed by atoms with Crippen molar-refractivity contribution in [3.63, 3.8) is 0 Å². The van der Waals surface area contributed by atoms with Gasteiger partial charge >= 0.3 is 5.97 Å². The Morgan fingerprint density at radius 3 is 2.21 bits per heavy atom. The molecule has 33 heavy (non-hydrogen) atoms. The number of amides is 1. The van der Waals surface area contributed by atoms with Gasteiger partial charge in [-0.05, 0) is 68.3 Å². The van der Waals surface area contributed by atoms with Gasteiger partial charge in [-0.3, -0.25) is 4.79 Å². The highest BCUT2D eigenvalue weighted by Gasteiger charge is 2.28. The van der Waals surface area contributed by atoms with E-state index in [4.69, 9.17) is 9.84 Å². The van der Waals surface area contributed by atoms with E-state index in [0.717, 1.165) is 28.8 Å². The van der Waals surface area contributed by atoms with Crippen LogP contribution >= 0.6 is 0 Å². The molecule has 3 aromatic rings. The number of rotatable bonds is 4. The summed E-state index contributed by atoms with van der Waals surface area (Å²) in [5.41, 5.74) is 2.12. The smallest absolute Gasteiger partial charge is 0.341 e. The topological polar surface area (TPSA) is 75.6 Å².